The van der Waals surface area contributed by atoms with Crippen molar-refractivity contribution in [3.63, 3.8) is 0 Å². The summed E-state index contributed by atoms with van der Waals surface area (Å²) in [5.41, 5.74) is 9.22. The zero-order valence-electron chi connectivity index (χ0n) is 11.8. The first-order valence-corrected chi connectivity index (χ1v) is 7.33. The fourth-order valence-corrected chi connectivity index (χ4v) is 3.35. The lowest BCUT2D eigenvalue weighted by Crippen LogP contribution is -2.55. The molecule has 0 aromatic heterocycles. The van der Waals surface area contributed by atoms with Crippen LogP contribution in [0.1, 0.15) is 45.1 Å². The molecular formula is C16H26N2. The minimum absolute atomic E-state index is 0.158. The van der Waals surface area contributed by atoms with Crippen LogP contribution in [0.15, 0.2) is 24.3 Å². The van der Waals surface area contributed by atoms with Gasteiger partial charge in [0.15, 0.2) is 0 Å². The van der Waals surface area contributed by atoms with Crippen molar-refractivity contribution < 1.29 is 0 Å². The highest BCUT2D eigenvalue weighted by Gasteiger charge is 2.35. The molecule has 18 heavy (non-hydrogen) atoms. The molecule has 2 nitrogen and oxygen atoms in total. The normalized spacial score (nSPS) is 18.3. The summed E-state index contributed by atoms with van der Waals surface area (Å²) in [6.07, 6.45) is 5.98. The molecule has 1 aromatic carbocycles. The summed E-state index contributed by atoms with van der Waals surface area (Å²) in [6, 6.07) is 8.84. The van der Waals surface area contributed by atoms with Gasteiger partial charge >= 0.3 is 0 Å². The van der Waals surface area contributed by atoms with Crippen LogP contribution in [0.5, 0.6) is 0 Å². The van der Waals surface area contributed by atoms with E-state index in [2.05, 4.69) is 43.0 Å². The molecule has 0 bridgehead atoms. The van der Waals surface area contributed by atoms with Crippen molar-refractivity contribution in [3.8, 4) is 0 Å². The quantitative estimate of drug-likeness (QED) is 0.863. The van der Waals surface area contributed by atoms with Crippen LogP contribution in [0.3, 0.4) is 0 Å². The summed E-state index contributed by atoms with van der Waals surface area (Å²) in [7, 11) is 0. The van der Waals surface area contributed by atoms with Gasteiger partial charge in [-0.3, -0.25) is 0 Å². The number of nitrogens with zero attached hydrogens (tertiary/aromatic N) is 1. The second kappa shape index (κ2) is 5.75. The van der Waals surface area contributed by atoms with E-state index in [4.69, 9.17) is 5.73 Å². The molecule has 1 atom stereocenters. The highest BCUT2D eigenvalue weighted by Crippen LogP contribution is 2.36. The molecule has 1 aromatic rings. The molecule has 1 unspecified atom stereocenters. The molecule has 0 saturated carbocycles. The molecule has 0 amide bonds. The zero-order valence-corrected chi connectivity index (χ0v) is 11.8. The van der Waals surface area contributed by atoms with Crippen LogP contribution >= 0.6 is 0 Å². The van der Waals surface area contributed by atoms with Gasteiger partial charge in [0.2, 0.25) is 0 Å². The number of anilines is 1. The maximum atomic E-state index is 6.15. The summed E-state index contributed by atoms with van der Waals surface area (Å²) in [4.78, 5) is 2.59. The number of benzene rings is 1. The molecule has 0 fully saturated rings. The smallest absolute Gasteiger partial charge is 0.0521 e. The summed E-state index contributed by atoms with van der Waals surface area (Å²) >= 11 is 0. The molecule has 1 heterocycles. The number of hydrogen-bond donors (Lipinski definition) is 1. The fourth-order valence-electron chi connectivity index (χ4n) is 3.35. The van der Waals surface area contributed by atoms with Crippen LogP contribution in [0.2, 0.25) is 0 Å². The van der Waals surface area contributed by atoms with E-state index in [1.165, 1.54) is 36.9 Å². The Labute approximate surface area is 111 Å². The van der Waals surface area contributed by atoms with Crippen molar-refractivity contribution in [3.05, 3.63) is 29.8 Å². The van der Waals surface area contributed by atoms with E-state index in [1.807, 2.05) is 0 Å². The Morgan fingerprint density at radius 1 is 1.28 bits per heavy atom. The van der Waals surface area contributed by atoms with E-state index in [-0.39, 0.29) is 5.54 Å². The SMILES string of the molecule is CCCC(CC)(CN)N1CCCc2ccccc21. The standard InChI is InChI=1S/C16H26N2/c1-3-11-16(4-2,13-17)18-12-7-9-14-8-5-6-10-15(14)18/h5-6,8,10H,3-4,7,9,11-13,17H2,1-2H3. The lowest BCUT2D eigenvalue weighted by Gasteiger charge is -2.47. The van der Waals surface area contributed by atoms with Gasteiger partial charge in [0.05, 0.1) is 5.54 Å². The van der Waals surface area contributed by atoms with E-state index < -0.39 is 0 Å². The van der Waals surface area contributed by atoms with Crippen LogP contribution in [0.4, 0.5) is 5.69 Å². The predicted molar refractivity (Wildman–Crippen MR) is 79.1 cm³/mol. The lowest BCUT2D eigenvalue weighted by molar-refractivity contribution is 0.343. The van der Waals surface area contributed by atoms with Crippen molar-refractivity contribution in [2.45, 2.75) is 51.5 Å². The molecule has 1 aliphatic heterocycles. The van der Waals surface area contributed by atoms with Crippen LogP contribution in [0.25, 0.3) is 0 Å². The van der Waals surface area contributed by atoms with Gasteiger partial charge in [0, 0.05) is 18.8 Å². The van der Waals surface area contributed by atoms with Crippen molar-refractivity contribution in [2.24, 2.45) is 5.73 Å². The van der Waals surface area contributed by atoms with Gasteiger partial charge in [-0.25, -0.2) is 0 Å². The highest BCUT2D eigenvalue weighted by molar-refractivity contribution is 5.57. The molecule has 1 aliphatic rings. The molecule has 2 rings (SSSR count). The number of para-hydroxylation sites is 1. The van der Waals surface area contributed by atoms with E-state index >= 15 is 0 Å². The Morgan fingerprint density at radius 3 is 2.72 bits per heavy atom. The first-order valence-electron chi connectivity index (χ1n) is 7.33. The van der Waals surface area contributed by atoms with E-state index in [0.717, 1.165) is 19.5 Å². The molecule has 2 heteroatoms. The summed E-state index contributed by atoms with van der Waals surface area (Å²) in [5, 5.41) is 0. The Hall–Kier alpha value is -1.02. The molecule has 0 saturated heterocycles. The molecule has 2 N–H and O–H groups in total. The Bertz CT molecular complexity index is 382. The summed E-state index contributed by atoms with van der Waals surface area (Å²) in [5.74, 6) is 0. The lowest BCUT2D eigenvalue weighted by atomic mass is 9.85. The third-order valence-electron chi connectivity index (χ3n) is 4.44. The highest BCUT2D eigenvalue weighted by atomic mass is 15.2. The second-order valence-electron chi connectivity index (χ2n) is 5.42. The van der Waals surface area contributed by atoms with E-state index in [0.29, 0.717) is 0 Å². The van der Waals surface area contributed by atoms with Gasteiger partial charge < -0.3 is 10.6 Å². The largest absolute Gasteiger partial charge is 0.364 e. The maximum absolute atomic E-state index is 6.15. The van der Waals surface area contributed by atoms with E-state index in [1.54, 1.807) is 0 Å². The third-order valence-corrected chi connectivity index (χ3v) is 4.44. The Kier molecular flexibility index (Phi) is 4.28. The van der Waals surface area contributed by atoms with Crippen LogP contribution in [-0.2, 0) is 6.42 Å². The van der Waals surface area contributed by atoms with Gasteiger partial charge in [-0.2, -0.15) is 0 Å². The minimum atomic E-state index is 0.158. The van der Waals surface area contributed by atoms with Gasteiger partial charge in [0.1, 0.15) is 0 Å². The number of rotatable bonds is 5. The Balaban J connectivity index is 2.38. The van der Waals surface area contributed by atoms with Crippen LogP contribution < -0.4 is 10.6 Å². The van der Waals surface area contributed by atoms with Crippen molar-refractivity contribution in [1.29, 1.82) is 0 Å². The third kappa shape index (κ3) is 2.26. The molecule has 0 spiro atoms. The predicted octanol–water partition coefficient (Wildman–Crippen LogP) is 3.35. The topological polar surface area (TPSA) is 29.3 Å². The average molecular weight is 246 g/mol. The first-order chi connectivity index (χ1) is 8.77. The molecule has 100 valence electrons. The van der Waals surface area contributed by atoms with Gasteiger partial charge in [-0.1, -0.05) is 38.5 Å². The number of hydrogen-bond acceptors (Lipinski definition) is 2. The number of aryl methyl sites for hydroxylation is 1. The van der Waals surface area contributed by atoms with Crippen molar-refractivity contribution in [2.75, 3.05) is 18.0 Å². The minimum Gasteiger partial charge on any atom is -0.364 e. The van der Waals surface area contributed by atoms with Crippen molar-refractivity contribution in [1.82, 2.24) is 0 Å². The van der Waals surface area contributed by atoms with Crippen molar-refractivity contribution >= 4 is 5.69 Å². The monoisotopic (exact) mass is 246 g/mol. The molecular weight excluding hydrogens is 220 g/mol. The number of fused-ring (bicyclic) bond motifs is 1. The average Bonchev–Trinajstić information content (AvgIpc) is 2.44. The first kappa shape index (κ1) is 13.4. The maximum Gasteiger partial charge on any atom is 0.0521 e. The van der Waals surface area contributed by atoms with Crippen LogP contribution in [-0.4, -0.2) is 18.6 Å². The van der Waals surface area contributed by atoms with Crippen LogP contribution in [0, 0.1) is 0 Å². The van der Waals surface area contributed by atoms with Gasteiger partial charge in [0.25, 0.3) is 0 Å². The fraction of sp³-hybridized carbons (Fsp3) is 0.625. The summed E-state index contributed by atoms with van der Waals surface area (Å²) in [6.45, 7) is 6.45. The zero-order chi connectivity index (χ0) is 13.0. The second-order valence-corrected chi connectivity index (χ2v) is 5.42. The molecule has 0 radical (unpaired) electrons. The van der Waals surface area contributed by atoms with Gasteiger partial charge in [-0.05, 0) is 37.3 Å². The molecule has 0 aliphatic carbocycles. The summed E-state index contributed by atoms with van der Waals surface area (Å²) < 4.78 is 0. The Morgan fingerprint density at radius 2 is 2.06 bits per heavy atom. The van der Waals surface area contributed by atoms with Gasteiger partial charge in [-0.15, -0.1) is 0 Å². The van der Waals surface area contributed by atoms with E-state index in [9.17, 15) is 0 Å². The number of nitrogens with two attached hydrogens (primary N) is 1.